The molecule has 2 aromatic rings. The van der Waals surface area contributed by atoms with Gasteiger partial charge in [0.25, 0.3) is 0 Å². The Morgan fingerprint density at radius 2 is 2.35 bits per heavy atom. The Morgan fingerprint density at radius 3 is 3.09 bits per heavy atom. The number of nitrogens with one attached hydrogen (secondary N) is 1. The minimum atomic E-state index is 0. The summed E-state index contributed by atoms with van der Waals surface area (Å²) in [6.45, 7) is 8.09. The number of fused-ring (bicyclic) bond motifs is 1. The zero-order chi connectivity index (χ0) is 15.4. The number of aliphatic imine (C=N–C) groups is 1. The summed E-state index contributed by atoms with van der Waals surface area (Å²) in [5, 5.41) is 6.20. The molecule has 1 unspecified atom stereocenters. The van der Waals surface area contributed by atoms with Gasteiger partial charge in [0.1, 0.15) is 0 Å². The largest absolute Gasteiger partial charge is 0.357 e. The summed E-state index contributed by atoms with van der Waals surface area (Å²) in [4.78, 5) is 12.8. The first kappa shape index (κ1) is 18.9. The second-order valence-corrected chi connectivity index (χ2v) is 7.62. The van der Waals surface area contributed by atoms with Gasteiger partial charge in [0.15, 0.2) is 10.9 Å². The van der Waals surface area contributed by atoms with Gasteiger partial charge < -0.3 is 10.2 Å². The highest BCUT2D eigenvalue weighted by Gasteiger charge is 2.21. The summed E-state index contributed by atoms with van der Waals surface area (Å²) in [6.07, 6.45) is 5.33. The van der Waals surface area contributed by atoms with Crippen molar-refractivity contribution in [3.8, 4) is 0 Å². The molecule has 1 N–H and O–H groups in total. The molecule has 0 bridgehead atoms. The third-order valence-electron chi connectivity index (χ3n) is 3.76. The first-order valence-electron chi connectivity index (χ1n) is 7.86. The maximum Gasteiger partial charge on any atom is 0.194 e. The first-order valence-corrected chi connectivity index (χ1v) is 9.79. The predicted molar refractivity (Wildman–Crippen MR) is 111 cm³/mol. The highest BCUT2D eigenvalue weighted by atomic mass is 127. The van der Waals surface area contributed by atoms with Gasteiger partial charge in [-0.15, -0.1) is 35.3 Å². The lowest BCUT2D eigenvalue weighted by atomic mass is 10.3. The van der Waals surface area contributed by atoms with E-state index in [0.29, 0.717) is 6.54 Å². The van der Waals surface area contributed by atoms with Gasteiger partial charge in [-0.3, -0.25) is 4.40 Å². The van der Waals surface area contributed by atoms with E-state index >= 15 is 0 Å². The number of rotatable bonds is 4. The zero-order valence-corrected chi connectivity index (χ0v) is 17.5. The molecule has 0 saturated carbocycles. The number of hydrogen-bond donors (Lipinski definition) is 1. The summed E-state index contributed by atoms with van der Waals surface area (Å²) in [6, 6.07) is 0. The van der Waals surface area contributed by atoms with Gasteiger partial charge in [0, 0.05) is 48.4 Å². The van der Waals surface area contributed by atoms with Gasteiger partial charge in [0.2, 0.25) is 0 Å². The van der Waals surface area contributed by atoms with Crippen molar-refractivity contribution >= 4 is 58.0 Å². The molecule has 0 radical (unpaired) electrons. The minimum Gasteiger partial charge on any atom is -0.357 e. The third-order valence-corrected chi connectivity index (χ3v) is 5.91. The zero-order valence-electron chi connectivity index (χ0n) is 13.6. The lowest BCUT2D eigenvalue weighted by molar-refractivity contribution is 0.408. The minimum absolute atomic E-state index is 0. The van der Waals surface area contributed by atoms with Crippen LogP contribution in [0.1, 0.15) is 26.0 Å². The van der Waals surface area contributed by atoms with Gasteiger partial charge in [0.05, 0.1) is 12.2 Å². The molecule has 3 heterocycles. The Hall–Kier alpha value is -0.480. The number of nitrogens with zero attached hydrogens (tertiary/aromatic N) is 4. The highest BCUT2D eigenvalue weighted by Crippen LogP contribution is 2.21. The van der Waals surface area contributed by atoms with E-state index in [2.05, 4.69) is 56.8 Å². The fraction of sp³-hybridized carbons (Fsp3) is 0.600. The van der Waals surface area contributed by atoms with Crippen molar-refractivity contribution in [3.05, 3.63) is 23.5 Å². The molecule has 1 atom stereocenters. The lowest BCUT2D eigenvalue weighted by Gasteiger charge is -2.34. The summed E-state index contributed by atoms with van der Waals surface area (Å²) < 4.78 is 2.06. The van der Waals surface area contributed by atoms with E-state index in [0.717, 1.165) is 41.5 Å². The quantitative estimate of drug-likeness (QED) is 0.428. The molecule has 23 heavy (non-hydrogen) atoms. The molecule has 128 valence electrons. The number of aromatic nitrogens is 2. The van der Waals surface area contributed by atoms with Crippen LogP contribution in [0.15, 0.2) is 22.8 Å². The van der Waals surface area contributed by atoms with Crippen LogP contribution in [0, 0.1) is 0 Å². The van der Waals surface area contributed by atoms with Gasteiger partial charge in [-0.25, -0.2) is 9.98 Å². The number of halogens is 1. The summed E-state index contributed by atoms with van der Waals surface area (Å²) in [5.41, 5.74) is 1.03. The molecule has 1 fully saturated rings. The van der Waals surface area contributed by atoms with Crippen molar-refractivity contribution < 1.29 is 0 Å². The van der Waals surface area contributed by atoms with Crippen LogP contribution in [0.5, 0.6) is 0 Å². The van der Waals surface area contributed by atoms with Crippen molar-refractivity contribution in [1.82, 2.24) is 19.6 Å². The van der Waals surface area contributed by atoms with Crippen LogP contribution in [0.4, 0.5) is 0 Å². The Kier molecular flexibility index (Phi) is 7.48. The number of hydrogen-bond acceptors (Lipinski definition) is 4. The van der Waals surface area contributed by atoms with Crippen LogP contribution in [0.25, 0.3) is 4.96 Å². The Bertz CT molecular complexity index is 610. The van der Waals surface area contributed by atoms with Crippen LogP contribution in [0.2, 0.25) is 0 Å². The number of guanidine groups is 1. The monoisotopic (exact) mass is 465 g/mol. The van der Waals surface area contributed by atoms with E-state index in [1.54, 1.807) is 11.3 Å². The summed E-state index contributed by atoms with van der Waals surface area (Å²) >= 11 is 3.74. The van der Waals surface area contributed by atoms with Gasteiger partial charge in [-0.2, -0.15) is 11.8 Å². The molecule has 1 saturated heterocycles. The highest BCUT2D eigenvalue weighted by molar-refractivity contribution is 14.0. The van der Waals surface area contributed by atoms with Crippen molar-refractivity contribution in [3.63, 3.8) is 0 Å². The van der Waals surface area contributed by atoms with Crippen LogP contribution >= 0.6 is 47.1 Å². The standard InChI is InChI=1S/C15H23N5S2.HI/c1-3-13-11-19(5-7-21-13)14(16-4-2)17-9-12-10-20-6-8-22-15(20)18-12;/h6,8,10,13H,3-5,7,9,11H2,1-2H3,(H,16,17);1H. The van der Waals surface area contributed by atoms with Crippen LogP contribution in [-0.4, -0.2) is 50.9 Å². The van der Waals surface area contributed by atoms with E-state index in [1.807, 2.05) is 6.20 Å². The molecule has 2 aromatic heterocycles. The Morgan fingerprint density at radius 1 is 1.48 bits per heavy atom. The van der Waals surface area contributed by atoms with Crippen molar-refractivity contribution in [1.29, 1.82) is 0 Å². The van der Waals surface area contributed by atoms with Crippen LogP contribution < -0.4 is 5.32 Å². The van der Waals surface area contributed by atoms with E-state index in [4.69, 9.17) is 4.99 Å². The number of thioether (sulfide) groups is 1. The Balaban J connectivity index is 0.00000192. The average molecular weight is 465 g/mol. The van der Waals surface area contributed by atoms with Crippen molar-refractivity contribution in [2.24, 2.45) is 4.99 Å². The smallest absolute Gasteiger partial charge is 0.194 e. The normalized spacial score (nSPS) is 19.0. The van der Waals surface area contributed by atoms with Crippen molar-refractivity contribution in [2.45, 2.75) is 32.1 Å². The molecular formula is C15H24IN5S2. The fourth-order valence-electron chi connectivity index (χ4n) is 2.59. The summed E-state index contributed by atoms with van der Waals surface area (Å²) in [7, 11) is 0. The molecule has 1 aliphatic heterocycles. The topological polar surface area (TPSA) is 44.9 Å². The second kappa shape index (κ2) is 9.12. The molecule has 5 nitrogen and oxygen atoms in total. The maximum absolute atomic E-state index is 4.80. The molecule has 8 heteroatoms. The van der Waals surface area contributed by atoms with E-state index in [-0.39, 0.29) is 24.0 Å². The lowest BCUT2D eigenvalue weighted by Crippen LogP contribution is -2.48. The molecule has 0 spiro atoms. The molecule has 3 rings (SSSR count). The summed E-state index contributed by atoms with van der Waals surface area (Å²) in [5.74, 6) is 2.21. The third kappa shape index (κ3) is 4.76. The van der Waals surface area contributed by atoms with E-state index < -0.39 is 0 Å². The van der Waals surface area contributed by atoms with Gasteiger partial charge in [-0.1, -0.05) is 6.92 Å². The maximum atomic E-state index is 4.80. The van der Waals surface area contributed by atoms with Crippen molar-refractivity contribution in [2.75, 3.05) is 25.4 Å². The number of imidazole rings is 1. The van der Waals surface area contributed by atoms with E-state index in [9.17, 15) is 0 Å². The molecule has 0 aromatic carbocycles. The Labute approximate surface area is 163 Å². The SMILES string of the molecule is CCNC(=NCc1cn2ccsc2n1)N1CCSC(CC)C1.I. The van der Waals surface area contributed by atoms with Gasteiger partial charge >= 0.3 is 0 Å². The average Bonchev–Trinajstić information content (AvgIpc) is 3.12. The first-order chi connectivity index (χ1) is 10.8. The number of thiazole rings is 1. The fourth-order valence-corrected chi connectivity index (χ4v) is 4.49. The van der Waals surface area contributed by atoms with Gasteiger partial charge in [-0.05, 0) is 13.3 Å². The predicted octanol–water partition coefficient (Wildman–Crippen LogP) is 3.31. The molecule has 0 aliphatic carbocycles. The van der Waals surface area contributed by atoms with Crippen LogP contribution in [-0.2, 0) is 6.54 Å². The molecule has 1 aliphatic rings. The molecular weight excluding hydrogens is 441 g/mol. The van der Waals surface area contributed by atoms with Crippen LogP contribution in [0.3, 0.4) is 0 Å². The van der Waals surface area contributed by atoms with E-state index in [1.165, 1.54) is 12.2 Å². The second-order valence-electron chi connectivity index (χ2n) is 5.34. The molecule has 0 amide bonds.